The lowest BCUT2D eigenvalue weighted by atomic mass is 10.1. The van der Waals surface area contributed by atoms with Crippen LogP contribution in [0, 0.1) is 5.41 Å². The third-order valence-electron chi connectivity index (χ3n) is 1.26. The van der Waals surface area contributed by atoms with Crippen molar-refractivity contribution in [1.29, 1.82) is 5.41 Å². The minimum Gasteiger partial charge on any atom is -0.330 e. The van der Waals surface area contributed by atoms with Gasteiger partial charge in [-0.15, -0.1) is 0 Å². The molecule has 60 valence electrons. The molecular formula is C6H16N4. The fourth-order valence-corrected chi connectivity index (χ4v) is 0.676. The molecule has 0 aliphatic heterocycles. The SMILES string of the molecule is N=C(CCN)CC(N)CN. The van der Waals surface area contributed by atoms with Gasteiger partial charge >= 0.3 is 0 Å². The van der Waals surface area contributed by atoms with Crippen LogP contribution in [0.5, 0.6) is 0 Å². The molecule has 4 nitrogen and oxygen atoms in total. The summed E-state index contributed by atoms with van der Waals surface area (Å²) in [6.45, 7) is 0.961. The van der Waals surface area contributed by atoms with Gasteiger partial charge in [-0.25, -0.2) is 0 Å². The average Bonchev–Trinajstić information content (AvgIpc) is 1.88. The van der Waals surface area contributed by atoms with E-state index in [1.54, 1.807) is 0 Å². The van der Waals surface area contributed by atoms with Crippen LogP contribution in [0.15, 0.2) is 0 Å². The van der Waals surface area contributed by atoms with Crippen molar-refractivity contribution in [3.8, 4) is 0 Å². The summed E-state index contributed by atoms with van der Waals surface area (Å²) in [7, 11) is 0. The highest BCUT2D eigenvalue weighted by Crippen LogP contribution is 1.91. The monoisotopic (exact) mass is 144 g/mol. The molecule has 0 aromatic heterocycles. The van der Waals surface area contributed by atoms with E-state index in [9.17, 15) is 0 Å². The predicted octanol–water partition coefficient (Wildman–Crippen LogP) is -0.969. The molecule has 1 atom stereocenters. The first-order valence-electron chi connectivity index (χ1n) is 3.42. The summed E-state index contributed by atoms with van der Waals surface area (Å²) in [6.07, 6.45) is 1.21. The zero-order valence-corrected chi connectivity index (χ0v) is 6.14. The van der Waals surface area contributed by atoms with Gasteiger partial charge in [0.1, 0.15) is 0 Å². The fraction of sp³-hybridized carbons (Fsp3) is 0.833. The molecule has 0 bridgehead atoms. The second kappa shape index (κ2) is 5.34. The van der Waals surface area contributed by atoms with Crippen LogP contribution < -0.4 is 17.2 Å². The number of hydrogen-bond acceptors (Lipinski definition) is 4. The van der Waals surface area contributed by atoms with Crippen LogP contribution >= 0.6 is 0 Å². The van der Waals surface area contributed by atoms with Gasteiger partial charge in [-0.1, -0.05) is 0 Å². The highest BCUT2D eigenvalue weighted by Gasteiger charge is 2.02. The molecular weight excluding hydrogens is 128 g/mol. The molecule has 10 heavy (non-hydrogen) atoms. The lowest BCUT2D eigenvalue weighted by Crippen LogP contribution is -2.32. The van der Waals surface area contributed by atoms with Crippen LogP contribution in [0.25, 0.3) is 0 Å². The minimum absolute atomic E-state index is 0.0703. The van der Waals surface area contributed by atoms with Crippen LogP contribution in [-0.2, 0) is 0 Å². The van der Waals surface area contributed by atoms with Gasteiger partial charge in [-0.3, -0.25) is 0 Å². The molecule has 0 heterocycles. The number of hydrogen-bond donors (Lipinski definition) is 4. The van der Waals surface area contributed by atoms with Gasteiger partial charge in [-0.2, -0.15) is 0 Å². The van der Waals surface area contributed by atoms with Crippen molar-refractivity contribution < 1.29 is 0 Å². The summed E-state index contributed by atoms with van der Waals surface area (Å²) in [4.78, 5) is 0. The second-order valence-electron chi connectivity index (χ2n) is 2.34. The molecule has 0 aliphatic carbocycles. The molecule has 0 aromatic rings. The molecule has 0 aliphatic rings. The summed E-state index contributed by atoms with van der Waals surface area (Å²) in [5.74, 6) is 0. The largest absolute Gasteiger partial charge is 0.330 e. The van der Waals surface area contributed by atoms with Gasteiger partial charge in [0.2, 0.25) is 0 Å². The minimum atomic E-state index is -0.0703. The lowest BCUT2D eigenvalue weighted by Gasteiger charge is -2.07. The maximum absolute atomic E-state index is 7.31. The number of nitrogens with two attached hydrogens (primary N) is 3. The smallest absolute Gasteiger partial charge is 0.0215 e. The molecule has 0 radical (unpaired) electrons. The normalized spacial score (nSPS) is 13.1. The van der Waals surface area contributed by atoms with E-state index >= 15 is 0 Å². The Kier molecular flexibility index (Phi) is 5.10. The van der Waals surface area contributed by atoms with Crippen LogP contribution in [0.3, 0.4) is 0 Å². The quantitative estimate of drug-likeness (QED) is 0.373. The zero-order valence-electron chi connectivity index (χ0n) is 6.14. The molecule has 0 amide bonds. The summed E-state index contributed by atoms with van der Waals surface area (Å²) in [5.41, 5.74) is 16.6. The topological polar surface area (TPSA) is 102 Å². The molecule has 4 heteroatoms. The van der Waals surface area contributed by atoms with Crippen molar-refractivity contribution in [3.05, 3.63) is 0 Å². The van der Waals surface area contributed by atoms with Crippen molar-refractivity contribution in [2.45, 2.75) is 18.9 Å². The molecule has 0 rings (SSSR count). The van der Waals surface area contributed by atoms with Crippen molar-refractivity contribution in [3.63, 3.8) is 0 Å². The Balaban J connectivity index is 3.37. The number of rotatable bonds is 5. The van der Waals surface area contributed by atoms with Crippen LogP contribution in [-0.4, -0.2) is 24.8 Å². The lowest BCUT2D eigenvalue weighted by molar-refractivity contribution is 0.700. The average molecular weight is 144 g/mol. The first-order chi connectivity index (χ1) is 4.70. The fourth-order valence-electron chi connectivity index (χ4n) is 0.676. The summed E-state index contributed by atoms with van der Waals surface area (Å²) in [5, 5.41) is 7.31. The van der Waals surface area contributed by atoms with E-state index in [1.807, 2.05) is 0 Å². The third kappa shape index (κ3) is 4.43. The molecule has 7 N–H and O–H groups in total. The maximum Gasteiger partial charge on any atom is 0.0215 e. The van der Waals surface area contributed by atoms with Gasteiger partial charge < -0.3 is 22.6 Å². The summed E-state index contributed by atoms with van der Waals surface area (Å²) >= 11 is 0. The first kappa shape index (κ1) is 9.55. The van der Waals surface area contributed by atoms with Gasteiger partial charge in [0.25, 0.3) is 0 Å². The van der Waals surface area contributed by atoms with E-state index in [-0.39, 0.29) is 6.04 Å². The van der Waals surface area contributed by atoms with Crippen molar-refractivity contribution >= 4 is 5.71 Å². The maximum atomic E-state index is 7.31. The summed E-state index contributed by atoms with van der Waals surface area (Å²) in [6, 6.07) is -0.0703. The zero-order chi connectivity index (χ0) is 7.98. The molecule has 0 saturated carbocycles. The van der Waals surface area contributed by atoms with Crippen LogP contribution in [0.4, 0.5) is 0 Å². The second-order valence-corrected chi connectivity index (χ2v) is 2.34. The van der Waals surface area contributed by atoms with E-state index < -0.39 is 0 Å². The molecule has 0 fully saturated rings. The molecule has 0 saturated heterocycles. The Morgan fingerprint density at radius 1 is 1.40 bits per heavy atom. The Labute approximate surface area is 61.3 Å². The van der Waals surface area contributed by atoms with E-state index in [0.717, 1.165) is 0 Å². The van der Waals surface area contributed by atoms with Crippen LogP contribution in [0.1, 0.15) is 12.8 Å². The van der Waals surface area contributed by atoms with Gasteiger partial charge in [0, 0.05) is 24.7 Å². The predicted molar refractivity (Wildman–Crippen MR) is 43.0 cm³/mol. The van der Waals surface area contributed by atoms with Crippen molar-refractivity contribution in [2.24, 2.45) is 17.2 Å². The highest BCUT2D eigenvalue weighted by molar-refractivity contribution is 5.82. The Morgan fingerprint density at radius 2 is 2.00 bits per heavy atom. The van der Waals surface area contributed by atoms with E-state index in [4.69, 9.17) is 22.6 Å². The van der Waals surface area contributed by atoms with Crippen LogP contribution in [0.2, 0.25) is 0 Å². The van der Waals surface area contributed by atoms with Crippen molar-refractivity contribution in [2.75, 3.05) is 13.1 Å². The van der Waals surface area contributed by atoms with Gasteiger partial charge in [0.05, 0.1) is 0 Å². The number of nitrogens with one attached hydrogen (secondary N) is 1. The molecule has 0 aromatic carbocycles. The Hall–Kier alpha value is -0.450. The summed E-state index contributed by atoms with van der Waals surface area (Å²) < 4.78 is 0. The van der Waals surface area contributed by atoms with Crippen molar-refractivity contribution in [1.82, 2.24) is 0 Å². The van der Waals surface area contributed by atoms with Gasteiger partial charge in [0.15, 0.2) is 0 Å². The Morgan fingerprint density at radius 3 is 2.40 bits per heavy atom. The van der Waals surface area contributed by atoms with E-state index in [2.05, 4.69) is 0 Å². The van der Waals surface area contributed by atoms with E-state index in [0.29, 0.717) is 31.6 Å². The third-order valence-corrected chi connectivity index (χ3v) is 1.26. The molecule has 0 spiro atoms. The molecule has 1 unspecified atom stereocenters. The highest BCUT2D eigenvalue weighted by atomic mass is 14.7. The van der Waals surface area contributed by atoms with E-state index in [1.165, 1.54) is 0 Å². The first-order valence-corrected chi connectivity index (χ1v) is 3.42. The van der Waals surface area contributed by atoms with Gasteiger partial charge in [-0.05, 0) is 13.0 Å². The standard InChI is InChI=1S/C6H16N4/c7-2-1-5(9)3-6(10)4-8/h6,9H,1-4,7-8,10H2. The Bertz CT molecular complexity index is 102.